The molecule has 0 unspecified atom stereocenters. The molecule has 0 aromatic carbocycles. The van der Waals surface area contributed by atoms with Gasteiger partial charge in [0.15, 0.2) is 0 Å². The van der Waals surface area contributed by atoms with Gasteiger partial charge < -0.3 is 0 Å². The molecular weight excluding hydrogens is 112 g/mol. The highest BCUT2D eigenvalue weighted by Gasteiger charge is 2.14. The van der Waals surface area contributed by atoms with Gasteiger partial charge in [-0.05, 0) is 0 Å². The molecule has 0 aliphatic carbocycles. The van der Waals surface area contributed by atoms with Crippen LogP contribution in [0.4, 0.5) is 0 Å². The van der Waals surface area contributed by atoms with Crippen LogP contribution < -0.4 is 0 Å². The Labute approximate surface area is 53.9 Å². The summed E-state index contributed by atoms with van der Waals surface area (Å²) in [5.74, 6) is 0. The summed E-state index contributed by atoms with van der Waals surface area (Å²) in [6.07, 6.45) is 4.59. The molecular formula is C7H16Si. The van der Waals surface area contributed by atoms with E-state index in [1.54, 1.807) is 31.0 Å². The monoisotopic (exact) mass is 128 g/mol. The van der Waals surface area contributed by atoms with Gasteiger partial charge in [0.05, 0.1) is 0 Å². The lowest BCUT2D eigenvalue weighted by molar-refractivity contribution is 0.935. The molecule has 0 bridgehead atoms. The van der Waals surface area contributed by atoms with Crippen LogP contribution in [0.15, 0.2) is 0 Å². The molecule has 0 spiro atoms. The second-order valence-electron chi connectivity index (χ2n) is 2.94. The van der Waals surface area contributed by atoms with Crippen molar-refractivity contribution in [3.8, 4) is 0 Å². The Kier molecular flexibility index (Phi) is 2.60. The summed E-state index contributed by atoms with van der Waals surface area (Å²) in [4.78, 5) is 0. The predicted molar refractivity (Wildman–Crippen MR) is 41.1 cm³/mol. The molecule has 1 aliphatic heterocycles. The topological polar surface area (TPSA) is 0 Å². The van der Waals surface area contributed by atoms with E-state index in [1.807, 2.05) is 0 Å². The van der Waals surface area contributed by atoms with Crippen molar-refractivity contribution in [1.82, 2.24) is 0 Å². The standard InChI is InChI=1S/C7H16Si/c1-2-5-8-6-3-4-7-8/h8H,2-7H2,1H3. The van der Waals surface area contributed by atoms with Crippen LogP contribution in [0.5, 0.6) is 0 Å². The van der Waals surface area contributed by atoms with Crippen molar-refractivity contribution in [2.75, 3.05) is 0 Å². The summed E-state index contributed by atoms with van der Waals surface area (Å²) in [6, 6.07) is 4.95. The molecule has 1 rings (SSSR count). The number of hydrogen-bond donors (Lipinski definition) is 0. The van der Waals surface area contributed by atoms with Gasteiger partial charge in [0.1, 0.15) is 0 Å². The van der Waals surface area contributed by atoms with Crippen LogP contribution in [0, 0.1) is 0 Å². The summed E-state index contributed by atoms with van der Waals surface area (Å²) in [5, 5.41) is 0. The molecule has 0 N–H and O–H groups in total. The molecule has 0 atom stereocenters. The van der Waals surface area contributed by atoms with E-state index < -0.39 is 0 Å². The van der Waals surface area contributed by atoms with Gasteiger partial charge in [0.25, 0.3) is 0 Å². The predicted octanol–water partition coefficient (Wildman–Crippen LogP) is 2.42. The van der Waals surface area contributed by atoms with Crippen molar-refractivity contribution >= 4 is 8.80 Å². The van der Waals surface area contributed by atoms with Gasteiger partial charge in [0, 0.05) is 8.80 Å². The second-order valence-corrected chi connectivity index (χ2v) is 6.40. The van der Waals surface area contributed by atoms with Crippen molar-refractivity contribution in [1.29, 1.82) is 0 Å². The van der Waals surface area contributed by atoms with E-state index in [0.29, 0.717) is 0 Å². The van der Waals surface area contributed by atoms with Crippen molar-refractivity contribution in [2.45, 2.75) is 44.3 Å². The van der Waals surface area contributed by atoms with E-state index in [2.05, 4.69) is 6.92 Å². The molecule has 1 aliphatic rings. The zero-order valence-corrected chi connectivity index (χ0v) is 6.97. The highest BCUT2D eigenvalue weighted by atomic mass is 28.3. The summed E-state index contributed by atoms with van der Waals surface area (Å²) >= 11 is 0. The Morgan fingerprint density at radius 1 is 1.25 bits per heavy atom. The lowest BCUT2D eigenvalue weighted by Crippen LogP contribution is -2.02. The van der Waals surface area contributed by atoms with E-state index in [-0.39, 0.29) is 8.80 Å². The van der Waals surface area contributed by atoms with E-state index in [4.69, 9.17) is 0 Å². The molecule has 1 heterocycles. The minimum Gasteiger partial charge on any atom is -0.0657 e. The average molecular weight is 128 g/mol. The SMILES string of the molecule is CCC[SiH]1CCCC1. The van der Waals surface area contributed by atoms with Crippen LogP contribution in [0.25, 0.3) is 0 Å². The summed E-state index contributed by atoms with van der Waals surface area (Å²) in [7, 11) is -0.0810. The van der Waals surface area contributed by atoms with Crippen LogP contribution in [0.2, 0.25) is 18.1 Å². The smallest absolute Gasteiger partial charge is 0.0367 e. The Morgan fingerprint density at radius 3 is 2.38 bits per heavy atom. The molecule has 1 saturated heterocycles. The quantitative estimate of drug-likeness (QED) is 0.501. The Balaban J connectivity index is 2.06. The van der Waals surface area contributed by atoms with E-state index in [1.165, 1.54) is 6.42 Å². The van der Waals surface area contributed by atoms with E-state index in [9.17, 15) is 0 Å². The highest BCUT2D eigenvalue weighted by Crippen LogP contribution is 2.22. The van der Waals surface area contributed by atoms with Crippen molar-refractivity contribution in [3.63, 3.8) is 0 Å². The minimum atomic E-state index is -0.0810. The van der Waals surface area contributed by atoms with Gasteiger partial charge in [0.2, 0.25) is 0 Å². The average Bonchev–Trinajstić information content (AvgIpc) is 2.19. The van der Waals surface area contributed by atoms with Gasteiger partial charge in [-0.15, -0.1) is 0 Å². The molecule has 0 aromatic heterocycles. The maximum atomic E-state index is 2.32. The molecule has 0 nitrogen and oxygen atoms in total. The zero-order valence-electron chi connectivity index (χ0n) is 5.82. The zero-order chi connectivity index (χ0) is 5.82. The number of hydrogen-bond acceptors (Lipinski definition) is 0. The molecule has 1 fully saturated rings. The second kappa shape index (κ2) is 3.28. The Hall–Kier alpha value is 0.217. The van der Waals surface area contributed by atoms with Crippen LogP contribution >= 0.6 is 0 Å². The van der Waals surface area contributed by atoms with E-state index >= 15 is 0 Å². The molecule has 0 aromatic rings. The van der Waals surface area contributed by atoms with Gasteiger partial charge in [-0.1, -0.05) is 44.3 Å². The van der Waals surface area contributed by atoms with Crippen molar-refractivity contribution < 1.29 is 0 Å². The van der Waals surface area contributed by atoms with Crippen LogP contribution in [0.3, 0.4) is 0 Å². The minimum absolute atomic E-state index is 0.0810. The summed E-state index contributed by atoms with van der Waals surface area (Å²) in [5.41, 5.74) is 0. The van der Waals surface area contributed by atoms with Crippen LogP contribution in [-0.2, 0) is 0 Å². The van der Waals surface area contributed by atoms with Gasteiger partial charge in [-0.3, -0.25) is 0 Å². The third-order valence-electron chi connectivity index (χ3n) is 2.17. The summed E-state index contributed by atoms with van der Waals surface area (Å²) < 4.78 is 0. The van der Waals surface area contributed by atoms with Crippen LogP contribution in [-0.4, -0.2) is 8.80 Å². The van der Waals surface area contributed by atoms with Gasteiger partial charge in [-0.2, -0.15) is 0 Å². The maximum Gasteiger partial charge on any atom is 0.0367 e. The van der Waals surface area contributed by atoms with Gasteiger partial charge in [-0.25, -0.2) is 0 Å². The molecule has 0 saturated carbocycles. The molecule has 0 radical (unpaired) electrons. The third-order valence-corrected chi connectivity index (χ3v) is 6.02. The fourth-order valence-electron chi connectivity index (χ4n) is 1.71. The van der Waals surface area contributed by atoms with Gasteiger partial charge >= 0.3 is 0 Å². The molecule has 8 heavy (non-hydrogen) atoms. The largest absolute Gasteiger partial charge is 0.0657 e. The van der Waals surface area contributed by atoms with E-state index in [0.717, 1.165) is 0 Å². The first-order valence-corrected chi connectivity index (χ1v) is 6.38. The molecule has 0 amide bonds. The first kappa shape index (κ1) is 6.34. The van der Waals surface area contributed by atoms with Crippen molar-refractivity contribution in [2.24, 2.45) is 0 Å². The summed E-state index contributed by atoms with van der Waals surface area (Å²) in [6.45, 7) is 2.32. The number of rotatable bonds is 2. The third kappa shape index (κ3) is 1.62. The fraction of sp³-hybridized carbons (Fsp3) is 1.00. The lowest BCUT2D eigenvalue weighted by Gasteiger charge is -2.01. The van der Waals surface area contributed by atoms with Crippen LogP contribution in [0.1, 0.15) is 26.2 Å². The van der Waals surface area contributed by atoms with Crippen molar-refractivity contribution in [3.05, 3.63) is 0 Å². The first-order chi connectivity index (χ1) is 3.93. The molecule has 1 heteroatoms. The normalized spacial score (nSPS) is 22.1. The maximum absolute atomic E-state index is 2.32. The Bertz CT molecular complexity index is 55.4. The first-order valence-electron chi connectivity index (χ1n) is 3.93. The molecule has 48 valence electrons. The Morgan fingerprint density at radius 2 is 1.88 bits per heavy atom. The highest BCUT2D eigenvalue weighted by molar-refractivity contribution is 6.59. The lowest BCUT2D eigenvalue weighted by atomic mass is 10.4. The fourth-order valence-corrected chi connectivity index (χ4v) is 5.12.